The number of carbonyl (C=O) groups excluding carboxylic acids is 1. The molecule has 0 heterocycles. The summed E-state index contributed by atoms with van der Waals surface area (Å²) in [6.45, 7) is 10.6. The molecule has 1 N–H and O–H groups in total. The van der Waals surface area contributed by atoms with Crippen LogP contribution in [0.15, 0.2) is 70.5 Å². The summed E-state index contributed by atoms with van der Waals surface area (Å²) >= 11 is 0. The number of anilines is 1. The fourth-order valence-electron chi connectivity index (χ4n) is 3.84. The van der Waals surface area contributed by atoms with Gasteiger partial charge in [0.15, 0.2) is 0 Å². The van der Waals surface area contributed by atoms with Gasteiger partial charge in [-0.2, -0.15) is 0 Å². The van der Waals surface area contributed by atoms with Crippen LogP contribution in [0, 0.1) is 13.8 Å². The number of aryl methyl sites for hydroxylation is 2. The first-order valence-electron chi connectivity index (χ1n) is 11.4. The zero-order valence-electron chi connectivity index (χ0n) is 20.1. The SMILES string of the molecule is CCCC(=O)Nc1cc(C)c(S(=O)c2ccc(OCc3ccccc3)c(C(C)C)c2)c(C)c1. The van der Waals surface area contributed by atoms with Crippen LogP contribution in [0.1, 0.15) is 61.8 Å². The van der Waals surface area contributed by atoms with Crippen molar-refractivity contribution in [1.82, 2.24) is 0 Å². The first-order chi connectivity index (χ1) is 15.8. The van der Waals surface area contributed by atoms with Crippen LogP contribution < -0.4 is 10.1 Å². The summed E-state index contributed by atoms with van der Waals surface area (Å²) in [5, 5.41) is 2.94. The Labute approximate surface area is 199 Å². The minimum atomic E-state index is -1.34. The van der Waals surface area contributed by atoms with Crippen LogP contribution in [0.3, 0.4) is 0 Å². The Hall–Kier alpha value is -2.92. The lowest BCUT2D eigenvalue weighted by Gasteiger charge is -2.17. The highest BCUT2D eigenvalue weighted by Crippen LogP contribution is 2.33. The van der Waals surface area contributed by atoms with Crippen molar-refractivity contribution < 1.29 is 13.7 Å². The Kier molecular flexibility index (Phi) is 8.45. The molecule has 0 saturated heterocycles. The van der Waals surface area contributed by atoms with Gasteiger partial charge in [-0.05, 0) is 78.8 Å². The maximum Gasteiger partial charge on any atom is 0.224 e. The van der Waals surface area contributed by atoms with Crippen molar-refractivity contribution in [1.29, 1.82) is 0 Å². The molecule has 0 aliphatic rings. The number of nitrogens with one attached hydrogen (secondary N) is 1. The Morgan fingerprint density at radius 2 is 1.67 bits per heavy atom. The highest BCUT2D eigenvalue weighted by molar-refractivity contribution is 7.85. The molecule has 0 bridgehead atoms. The second-order valence-electron chi connectivity index (χ2n) is 8.63. The van der Waals surface area contributed by atoms with Crippen LogP contribution in [0.25, 0.3) is 0 Å². The largest absolute Gasteiger partial charge is 0.489 e. The molecule has 0 aliphatic carbocycles. The van der Waals surface area contributed by atoms with Crippen molar-refractivity contribution in [2.75, 3.05) is 5.32 Å². The summed E-state index contributed by atoms with van der Waals surface area (Å²) in [7, 11) is -1.34. The van der Waals surface area contributed by atoms with Gasteiger partial charge in [-0.3, -0.25) is 4.79 Å². The number of hydrogen-bond acceptors (Lipinski definition) is 3. The smallest absolute Gasteiger partial charge is 0.224 e. The van der Waals surface area contributed by atoms with Crippen LogP contribution >= 0.6 is 0 Å². The number of benzene rings is 3. The van der Waals surface area contributed by atoms with Crippen molar-refractivity contribution in [2.45, 2.75) is 69.8 Å². The number of ether oxygens (including phenoxy) is 1. The average molecular weight is 464 g/mol. The standard InChI is InChI=1S/C28H33NO3S/c1-6-10-27(30)29-23-15-20(4)28(21(5)16-23)33(31)24-13-14-26(25(17-24)19(2)3)32-18-22-11-8-7-9-12-22/h7-9,11-17,19H,6,10,18H2,1-5H3,(H,29,30). The minimum Gasteiger partial charge on any atom is -0.489 e. The van der Waals surface area contributed by atoms with E-state index < -0.39 is 10.8 Å². The maximum absolute atomic E-state index is 13.6. The molecule has 3 rings (SSSR count). The third-order valence-corrected chi connectivity index (χ3v) is 7.16. The molecule has 3 aromatic rings. The van der Waals surface area contributed by atoms with Crippen LogP contribution in [0.4, 0.5) is 5.69 Å². The molecule has 0 aromatic heterocycles. The van der Waals surface area contributed by atoms with Gasteiger partial charge >= 0.3 is 0 Å². The number of amides is 1. The van der Waals surface area contributed by atoms with E-state index >= 15 is 0 Å². The molecule has 5 heteroatoms. The zero-order chi connectivity index (χ0) is 24.0. The molecule has 0 saturated carbocycles. The first-order valence-corrected chi connectivity index (χ1v) is 12.6. The van der Waals surface area contributed by atoms with Crippen molar-refractivity contribution in [3.05, 3.63) is 82.9 Å². The van der Waals surface area contributed by atoms with E-state index in [2.05, 4.69) is 19.2 Å². The van der Waals surface area contributed by atoms with E-state index in [9.17, 15) is 9.00 Å². The fraction of sp³-hybridized carbons (Fsp3) is 0.321. The van der Waals surface area contributed by atoms with E-state index in [-0.39, 0.29) is 11.8 Å². The van der Waals surface area contributed by atoms with E-state index in [1.54, 1.807) is 0 Å². The summed E-state index contributed by atoms with van der Waals surface area (Å²) < 4.78 is 19.7. The lowest BCUT2D eigenvalue weighted by molar-refractivity contribution is -0.116. The molecule has 1 amide bonds. The second-order valence-corrected chi connectivity index (χ2v) is 10.1. The molecule has 0 fully saturated rings. The second kappa shape index (κ2) is 11.3. The number of carbonyl (C=O) groups is 1. The van der Waals surface area contributed by atoms with Crippen LogP contribution in [0.5, 0.6) is 5.75 Å². The molecule has 33 heavy (non-hydrogen) atoms. The van der Waals surface area contributed by atoms with Gasteiger partial charge in [0.2, 0.25) is 5.91 Å². The van der Waals surface area contributed by atoms with Gasteiger partial charge in [0.1, 0.15) is 12.4 Å². The highest BCUT2D eigenvalue weighted by atomic mass is 32.2. The van der Waals surface area contributed by atoms with E-state index in [1.807, 2.05) is 81.4 Å². The third kappa shape index (κ3) is 6.32. The molecule has 1 unspecified atom stereocenters. The van der Waals surface area contributed by atoms with Gasteiger partial charge in [-0.15, -0.1) is 0 Å². The van der Waals surface area contributed by atoms with Crippen LogP contribution in [-0.4, -0.2) is 10.1 Å². The molecule has 0 aliphatic heterocycles. The Bertz CT molecular complexity index is 1120. The Morgan fingerprint density at radius 3 is 2.27 bits per heavy atom. The van der Waals surface area contributed by atoms with Crippen molar-refractivity contribution in [2.24, 2.45) is 0 Å². The average Bonchev–Trinajstić information content (AvgIpc) is 2.77. The molecule has 0 spiro atoms. The quantitative estimate of drug-likeness (QED) is 0.375. The lowest BCUT2D eigenvalue weighted by atomic mass is 10.0. The normalized spacial score (nSPS) is 11.9. The monoisotopic (exact) mass is 463 g/mol. The Balaban J connectivity index is 1.86. The van der Waals surface area contributed by atoms with E-state index in [4.69, 9.17) is 4.74 Å². The predicted molar refractivity (Wildman–Crippen MR) is 135 cm³/mol. The summed E-state index contributed by atoms with van der Waals surface area (Å²) in [6.07, 6.45) is 1.29. The third-order valence-electron chi connectivity index (χ3n) is 5.46. The van der Waals surface area contributed by atoms with Gasteiger partial charge in [0, 0.05) is 21.9 Å². The van der Waals surface area contributed by atoms with Crippen LogP contribution in [0.2, 0.25) is 0 Å². The fourth-order valence-corrected chi connectivity index (χ4v) is 5.21. The van der Waals surface area contributed by atoms with Gasteiger partial charge in [-0.1, -0.05) is 51.1 Å². The highest BCUT2D eigenvalue weighted by Gasteiger charge is 2.18. The van der Waals surface area contributed by atoms with Gasteiger partial charge < -0.3 is 10.1 Å². The molecular weight excluding hydrogens is 430 g/mol. The van der Waals surface area contributed by atoms with E-state index in [1.165, 1.54) is 0 Å². The van der Waals surface area contributed by atoms with E-state index in [0.717, 1.165) is 49.9 Å². The van der Waals surface area contributed by atoms with Gasteiger partial charge in [0.25, 0.3) is 0 Å². The molecule has 3 aromatic carbocycles. The van der Waals surface area contributed by atoms with E-state index in [0.29, 0.717) is 13.0 Å². The molecule has 4 nitrogen and oxygen atoms in total. The molecule has 1 atom stereocenters. The summed E-state index contributed by atoms with van der Waals surface area (Å²) in [4.78, 5) is 13.5. The van der Waals surface area contributed by atoms with Crippen molar-refractivity contribution >= 4 is 22.4 Å². The zero-order valence-corrected chi connectivity index (χ0v) is 20.9. The molecule has 174 valence electrons. The van der Waals surface area contributed by atoms with Crippen LogP contribution in [-0.2, 0) is 22.2 Å². The summed E-state index contributed by atoms with van der Waals surface area (Å²) in [6, 6.07) is 19.7. The number of rotatable bonds is 9. The summed E-state index contributed by atoms with van der Waals surface area (Å²) in [5.74, 6) is 1.04. The topological polar surface area (TPSA) is 55.4 Å². The van der Waals surface area contributed by atoms with Gasteiger partial charge in [-0.25, -0.2) is 4.21 Å². The first kappa shape index (κ1) is 24.7. The minimum absolute atomic E-state index is 0.00200. The van der Waals surface area contributed by atoms with Gasteiger partial charge in [0.05, 0.1) is 10.8 Å². The molecular formula is C28H33NO3S. The molecule has 0 radical (unpaired) electrons. The number of hydrogen-bond donors (Lipinski definition) is 1. The maximum atomic E-state index is 13.6. The summed E-state index contributed by atoms with van der Waals surface area (Å²) in [5.41, 5.74) is 4.69. The Morgan fingerprint density at radius 1 is 1.00 bits per heavy atom. The van der Waals surface area contributed by atoms with Crippen molar-refractivity contribution in [3.63, 3.8) is 0 Å². The van der Waals surface area contributed by atoms with Crippen molar-refractivity contribution in [3.8, 4) is 5.75 Å². The predicted octanol–water partition coefficient (Wildman–Crippen LogP) is 6.91. The lowest BCUT2D eigenvalue weighted by Crippen LogP contribution is -2.11.